The van der Waals surface area contributed by atoms with Gasteiger partial charge in [-0.25, -0.2) is 17.2 Å². The molecule has 1 aromatic heterocycles. The first-order chi connectivity index (χ1) is 15.2. The number of hydrogen-bond acceptors (Lipinski definition) is 4. The number of halogens is 5. The van der Waals surface area contributed by atoms with E-state index in [2.05, 4.69) is 5.32 Å². The molecule has 1 heterocycles. The third kappa shape index (κ3) is 5.89. The summed E-state index contributed by atoms with van der Waals surface area (Å²) in [6.07, 6.45) is -3.81. The Morgan fingerprint density at radius 1 is 1.03 bits per heavy atom. The van der Waals surface area contributed by atoms with Crippen LogP contribution in [-0.2, 0) is 16.2 Å². The highest BCUT2D eigenvalue weighted by molar-refractivity contribution is 7.92. The zero-order valence-corrected chi connectivity index (χ0v) is 17.9. The minimum atomic E-state index is -4.55. The number of sulfonamides is 1. The van der Waals surface area contributed by atoms with Gasteiger partial charge in [0, 0.05) is 5.56 Å². The van der Waals surface area contributed by atoms with Crippen LogP contribution in [0.15, 0.2) is 52.9 Å². The number of benzene rings is 2. The Morgan fingerprint density at radius 2 is 1.67 bits per heavy atom. The molecule has 0 fully saturated rings. The molecule has 1 unspecified atom stereocenters. The number of alkyl halides is 3. The van der Waals surface area contributed by atoms with E-state index in [1.54, 1.807) is 4.72 Å². The third-order valence-electron chi connectivity index (χ3n) is 4.50. The Hall–Kier alpha value is -3.41. The van der Waals surface area contributed by atoms with Crippen LogP contribution in [0.3, 0.4) is 0 Å². The maximum atomic E-state index is 14.2. The van der Waals surface area contributed by atoms with Gasteiger partial charge in [0.1, 0.15) is 11.4 Å². The van der Waals surface area contributed by atoms with Crippen LogP contribution in [0.1, 0.15) is 34.6 Å². The lowest BCUT2D eigenvalue weighted by Crippen LogP contribution is -2.26. The molecule has 0 aliphatic heterocycles. The van der Waals surface area contributed by atoms with E-state index in [9.17, 15) is 35.2 Å². The van der Waals surface area contributed by atoms with Gasteiger partial charge in [0.25, 0.3) is 5.91 Å². The Balaban J connectivity index is 1.77. The topological polar surface area (TPSA) is 88.4 Å². The molecule has 1 atom stereocenters. The Bertz CT molecular complexity index is 1280. The zero-order chi connectivity index (χ0) is 24.6. The number of amides is 1. The largest absolute Gasteiger partial charge is 0.451 e. The highest BCUT2D eigenvalue weighted by Gasteiger charge is 2.30. The first kappa shape index (κ1) is 24.2. The summed E-state index contributed by atoms with van der Waals surface area (Å²) in [4.78, 5) is 12.5. The van der Waals surface area contributed by atoms with E-state index in [1.165, 1.54) is 31.2 Å². The van der Waals surface area contributed by atoms with Gasteiger partial charge in [-0.1, -0.05) is 12.1 Å². The molecule has 176 valence electrons. The van der Waals surface area contributed by atoms with Crippen molar-refractivity contribution in [2.75, 3.05) is 11.0 Å². The molecule has 0 bridgehead atoms. The van der Waals surface area contributed by atoms with Crippen LogP contribution in [0, 0.1) is 11.6 Å². The first-order valence-electron chi connectivity index (χ1n) is 9.29. The van der Waals surface area contributed by atoms with Crippen molar-refractivity contribution in [2.24, 2.45) is 0 Å². The predicted octanol–water partition coefficient (Wildman–Crippen LogP) is 5.11. The molecule has 2 N–H and O–H groups in total. The number of carbonyl (C=O) groups is 1. The summed E-state index contributed by atoms with van der Waals surface area (Å²) in [7, 11) is -3.92. The third-order valence-corrected chi connectivity index (χ3v) is 5.08. The van der Waals surface area contributed by atoms with Crippen molar-refractivity contribution in [1.82, 2.24) is 5.32 Å². The molecule has 12 heteroatoms. The molecule has 1 amide bonds. The lowest BCUT2D eigenvalue weighted by molar-refractivity contribution is -0.137. The van der Waals surface area contributed by atoms with Gasteiger partial charge in [-0.05, 0) is 48.9 Å². The maximum Gasteiger partial charge on any atom is 0.416 e. The Kier molecular flexibility index (Phi) is 6.50. The zero-order valence-electron chi connectivity index (χ0n) is 17.1. The minimum Gasteiger partial charge on any atom is -0.451 e. The van der Waals surface area contributed by atoms with E-state index in [-0.39, 0.29) is 22.6 Å². The maximum absolute atomic E-state index is 14.2. The molecular formula is C21H17F5N2O4S. The van der Waals surface area contributed by atoms with Gasteiger partial charge in [-0.2, -0.15) is 13.2 Å². The van der Waals surface area contributed by atoms with E-state index in [0.717, 1.165) is 30.5 Å². The van der Waals surface area contributed by atoms with Crippen molar-refractivity contribution in [1.29, 1.82) is 0 Å². The van der Waals surface area contributed by atoms with Crippen molar-refractivity contribution < 1.29 is 39.6 Å². The molecule has 33 heavy (non-hydrogen) atoms. The summed E-state index contributed by atoms with van der Waals surface area (Å²) in [5.41, 5.74) is -1.62. The first-order valence-corrected chi connectivity index (χ1v) is 11.2. The van der Waals surface area contributed by atoms with E-state index in [4.69, 9.17) is 4.42 Å². The van der Waals surface area contributed by atoms with Crippen LogP contribution in [-0.4, -0.2) is 20.6 Å². The van der Waals surface area contributed by atoms with E-state index in [0.29, 0.717) is 0 Å². The van der Waals surface area contributed by atoms with Gasteiger partial charge in [0.05, 0.1) is 17.9 Å². The fourth-order valence-electron chi connectivity index (χ4n) is 2.94. The number of anilines is 1. The molecular weight excluding hydrogens is 471 g/mol. The Labute approximate surface area is 185 Å². The van der Waals surface area contributed by atoms with Gasteiger partial charge < -0.3 is 9.73 Å². The lowest BCUT2D eigenvalue weighted by atomic mass is 10.1. The van der Waals surface area contributed by atoms with Gasteiger partial charge in [-0.15, -0.1) is 0 Å². The smallest absolute Gasteiger partial charge is 0.416 e. The normalized spacial score (nSPS) is 12.9. The quantitative estimate of drug-likeness (QED) is 0.473. The molecule has 0 saturated heterocycles. The number of hydrogen-bond donors (Lipinski definition) is 2. The van der Waals surface area contributed by atoms with Crippen LogP contribution in [0.4, 0.5) is 27.6 Å². The van der Waals surface area contributed by atoms with Crippen molar-refractivity contribution in [2.45, 2.75) is 19.1 Å². The average molecular weight is 488 g/mol. The van der Waals surface area contributed by atoms with Crippen molar-refractivity contribution in [3.8, 4) is 11.3 Å². The average Bonchev–Trinajstić information content (AvgIpc) is 3.20. The number of rotatable bonds is 6. The summed E-state index contributed by atoms with van der Waals surface area (Å²) in [6, 6.07) is 7.73. The standard InChI is InChI=1S/C21H17F5N2O4S/c1-11(13-9-15(22)19(16(23)10-13)28-33(2,30)31)27-20(29)18-7-6-17(32-18)12-4-3-5-14(8-12)21(24,25)26/h3-11,28H,1-2H3,(H,27,29). The number of furan rings is 1. The highest BCUT2D eigenvalue weighted by Crippen LogP contribution is 2.33. The number of nitrogens with one attached hydrogen (secondary N) is 2. The number of carbonyl (C=O) groups excluding carboxylic acids is 1. The Morgan fingerprint density at radius 3 is 2.24 bits per heavy atom. The minimum absolute atomic E-state index is 0.00191. The van der Waals surface area contributed by atoms with Crippen LogP contribution in [0.2, 0.25) is 0 Å². The van der Waals surface area contributed by atoms with Gasteiger partial charge in [0.2, 0.25) is 10.0 Å². The molecule has 0 radical (unpaired) electrons. The fraction of sp³-hybridized carbons (Fsp3) is 0.190. The van der Waals surface area contributed by atoms with E-state index >= 15 is 0 Å². The molecule has 0 aliphatic rings. The van der Waals surface area contributed by atoms with Crippen LogP contribution in [0.5, 0.6) is 0 Å². The van der Waals surface area contributed by atoms with Crippen molar-refractivity contribution >= 4 is 21.6 Å². The second-order valence-electron chi connectivity index (χ2n) is 7.17. The van der Waals surface area contributed by atoms with Crippen molar-refractivity contribution in [3.63, 3.8) is 0 Å². The second kappa shape index (κ2) is 8.85. The van der Waals surface area contributed by atoms with Crippen LogP contribution in [0.25, 0.3) is 11.3 Å². The predicted molar refractivity (Wildman–Crippen MR) is 110 cm³/mol. The monoisotopic (exact) mass is 488 g/mol. The molecule has 6 nitrogen and oxygen atoms in total. The van der Waals surface area contributed by atoms with E-state index < -0.39 is 51.0 Å². The lowest BCUT2D eigenvalue weighted by Gasteiger charge is -2.15. The summed E-state index contributed by atoms with van der Waals surface area (Å²) >= 11 is 0. The van der Waals surface area contributed by atoms with Crippen molar-refractivity contribution in [3.05, 3.63) is 77.1 Å². The molecule has 0 saturated carbocycles. The van der Waals surface area contributed by atoms with Gasteiger partial charge >= 0.3 is 6.18 Å². The summed E-state index contributed by atoms with van der Waals surface area (Å²) in [5, 5.41) is 2.45. The molecule has 2 aromatic carbocycles. The van der Waals surface area contributed by atoms with Gasteiger partial charge in [0.15, 0.2) is 17.4 Å². The SMILES string of the molecule is CC(NC(=O)c1ccc(-c2cccc(C(F)(F)F)c2)o1)c1cc(F)c(NS(C)(=O)=O)c(F)c1. The summed E-state index contributed by atoms with van der Waals surface area (Å²) < 4.78 is 96.6. The van der Waals surface area contributed by atoms with E-state index in [1.807, 2.05) is 0 Å². The molecule has 0 spiro atoms. The molecule has 3 aromatic rings. The fourth-order valence-corrected chi connectivity index (χ4v) is 3.51. The summed E-state index contributed by atoms with van der Waals surface area (Å²) in [6.45, 7) is 1.42. The molecule has 3 rings (SSSR count). The second-order valence-corrected chi connectivity index (χ2v) is 8.92. The molecule has 0 aliphatic carbocycles. The highest BCUT2D eigenvalue weighted by atomic mass is 32.2. The van der Waals surface area contributed by atoms with Gasteiger partial charge in [-0.3, -0.25) is 9.52 Å². The van der Waals surface area contributed by atoms with Crippen LogP contribution < -0.4 is 10.0 Å². The van der Waals surface area contributed by atoms with Crippen LogP contribution >= 0.6 is 0 Å². The summed E-state index contributed by atoms with van der Waals surface area (Å²) in [5.74, 6) is -3.35.